The summed E-state index contributed by atoms with van der Waals surface area (Å²) in [5, 5.41) is 0. The summed E-state index contributed by atoms with van der Waals surface area (Å²) in [5.41, 5.74) is 2.99. The molecule has 5 nitrogen and oxygen atoms in total. The molecule has 0 spiro atoms. The number of para-hydroxylation sites is 1. The zero-order chi connectivity index (χ0) is 19.0. The largest absolute Gasteiger partial charge is 0.339 e. The van der Waals surface area contributed by atoms with Crippen molar-refractivity contribution in [3.63, 3.8) is 0 Å². The maximum Gasteiger partial charge on any atom is 0.277 e. The van der Waals surface area contributed by atoms with Crippen LogP contribution in [0.4, 0.5) is 5.69 Å². The van der Waals surface area contributed by atoms with Crippen molar-refractivity contribution in [3.05, 3.63) is 59.4 Å². The molecule has 0 saturated carbocycles. The normalized spacial score (nSPS) is 19.9. The van der Waals surface area contributed by atoms with Gasteiger partial charge < -0.3 is 9.80 Å². The molecule has 0 aliphatic carbocycles. The fourth-order valence-electron chi connectivity index (χ4n) is 4.07. The zero-order valence-electron chi connectivity index (χ0n) is 15.9. The van der Waals surface area contributed by atoms with Crippen molar-refractivity contribution in [3.8, 4) is 0 Å². The van der Waals surface area contributed by atoms with Gasteiger partial charge in [0.25, 0.3) is 11.8 Å². The minimum atomic E-state index is -0.144. The van der Waals surface area contributed by atoms with Gasteiger partial charge >= 0.3 is 0 Å². The van der Waals surface area contributed by atoms with Gasteiger partial charge in [-0.05, 0) is 55.9 Å². The molecular formula is C22H25N3O2. The molecule has 2 aromatic rings. The highest BCUT2D eigenvalue weighted by molar-refractivity contribution is 6.07. The van der Waals surface area contributed by atoms with E-state index in [1.165, 1.54) is 5.56 Å². The molecule has 1 aromatic carbocycles. The van der Waals surface area contributed by atoms with Crippen molar-refractivity contribution in [2.45, 2.75) is 39.2 Å². The van der Waals surface area contributed by atoms with Crippen LogP contribution in [0.2, 0.25) is 0 Å². The highest BCUT2D eigenvalue weighted by Crippen LogP contribution is 2.32. The molecule has 5 heteroatoms. The van der Waals surface area contributed by atoms with Crippen molar-refractivity contribution in [2.24, 2.45) is 5.92 Å². The Labute approximate surface area is 160 Å². The number of hydrogen-bond acceptors (Lipinski definition) is 3. The number of fused-ring (bicyclic) bond motifs is 1. The Morgan fingerprint density at radius 1 is 1.04 bits per heavy atom. The molecule has 1 aromatic heterocycles. The fourth-order valence-corrected chi connectivity index (χ4v) is 4.07. The summed E-state index contributed by atoms with van der Waals surface area (Å²) in [4.78, 5) is 33.9. The number of piperidine rings is 1. The second-order valence-corrected chi connectivity index (χ2v) is 7.76. The molecule has 0 bridgehead atoms. The summed E-state index contributed by atoms with van der Waals surface area (Å²) in [5.74, 6) is 0.517. The highest BCUT2D eigenvalue weighted by Gasteiger charge is 2.32. The van der Waals surface area contributed by atoms with Gasteiger partial charge in [-0.2, -0.15) is 0 Å². The van der Waals surface area contributed by atoms with Gasteiger partial charge in [-0.1, -0.05) is 25.1 Å². The molecule has 1 saturated heterocycles. The average Bonchev–Trinajstić information content (AvgIpc) is 3.03. The number of likely N-dealkylation sites (tertiary alicyclic amines) is 1. The van der Waals surface area contributed by atoms with Crippen molar-refractivity contribution < 1.29 is 9.59 Å². The monoisotopic (exact) mass is 363 g/mol. The minimum absolute atomic E-state index is 0.00628. The SMILES string of the molecule is CC1CCN(C(=O)c2ccnc(C(=O)N3c4ccccc4CC3C)c2)CC1. The van der Waals surface area contributed by atoms with E-state index in [2.05, 4.69) is 18.0 Å². The average molecular weight is 363 g/mol. The number of nitrogens with zero attached hydrogens (tertiary/aromatic N) is 3. The molecule has 27 heavy (non-hydrogen) atoms. The number of hydrogen-bond donors (Lipinski definition) is 0. The number of benzene rings is 1. The van der Waals surface area contributed by atoms with Crippen molar-refractivity contribution in [1.29, 1.82) is 0 Å². The lowest BCUT2D eigenvalue weighted by atomic mass is 9.98. The highest BCUT2D eigenvalue weighted by atomic mass is 16.2. The van der Waals surface area contributed by atoms with Gasteiger partial charge in [0.2, 0.25) is 0 Å². The first-order valence-corrected chi connectivity index (χ1v) is 9.71. The zero-order valence-corrected chi connectivity index (χ0v) is 15.9. The molecular weight excluding hydrogens is 338 g/mol. The quantitative estimate of drug-likeness (QED) is 0.820. The summed E-state index contributed by atoms with van der Waals surface area (Å²) in [6, 6.07) is 11.4. The first kappa shape index (κ1) is 17.7. The van der Waals surface area contributed by atoms with Gasteiger partial charge in [-0.3, -0.25) is 14.6 Å². The van der Waals surface area contributed by atoms with Crippen LogP contribution in [0.25, 0.3) is 0 Å². The number of carbonyl (C=O) groups is 2. The van der Waals surface area contributed by atoms with E-state index in [0.29, 0.717) is 17.2 Å². The van der Waals surface area contributed by atoms with Crippen LogP contribution in [-0.2, 0) is 6.42 Å². The minimum Gasteiger partial charge on any atom is -0.339 e. The number of rotatable bonds is 2. The van der Waals surface area contributed by atoms with Gasteiger partial charge in [0.15, 0.2) is 0 Å². The Hall–Kier alpha value is -2.69. The van der Waals surface area contributed by atoms with Gasteiger partial charge in [-0.15, -0.1) is 0 Å². The molecule has 3 heterocycles. The van der Waals surface area contributed by atoms with E-state index >= 15 is 0 Å². The lowest BCUT2D eigenvalue weighted by molar-refractivity contribution is 0.0697. The summed E-state index contributed by atoms with van der Waals surface area (Å²) in [7, 11) is 0. The Balaban J connectivity index is 1.57. The predicted molar refractivity (Wildman–Crippen MR) is 105 cm³/mol. The predicted octanol–water partition coefficient (Wildman–Crippen LogP) is 3.55. The van der Waals surface area contributed by atoms with Gasteiger partial charge in [0, 0.05) is 36.6 Å². The summed E-state index contributed by atoms with van der Waals surface area (Å²) < 4.78 is 0. The van der Waals surface area contributed by atoms with Crippen LogP contribution in [0.5, 0.6) is 0 Å². The van der Waals surface area contributed by atoms with Crippen LogP contribution in [0.15, 0.2) is 42.6 Å². The Kier molecular flexibility index (Phi) is 4.68. The van der Waals surface area contributed by atoms with E-state index in [0.717, 1.165) is 38.0 Å². The summed E-state index contributed by atoms with van der Waals surface area (Å²) in [6.45, 7) is 5.83. The smallest absolute Gasteiger partial charge is 0.277 e. The number of amides is 2. The van der Waals surface area contributed by atoms with Crippen molar-refractivity contribution in [1.82, 2.24) is 9.88 Å². The summed E-state index contributed by atoms with van der Waals surface area (Å²) >= 11 is 0. The molecule has 2 amide bonds. The van der Waals surface area contributed by atoms with Crippen LogP contribution in [0, 0.1) is 5.92 Å². The lowest BCUT2D eigenvalue weighted by Crippen LogP contribution is -2.38. The molecule has 2 aliphatic heterocycles. The third-order valence-electron chi connectivity index (χ3n) is 5.72. The standard InChI is InChI=1S/C22H25N3O2/c1-15-8-11-24(12-9-15)21(26)18-7-10-23-19(14-18)22(27)25-16(2)13-17-5-3-4-6-20(17)25/h3-7,10,14-16H,8-9,11-13H2,1-2H3. The Morgan fingerprint density at radius 3 is 2.56 bits per heavy atom. The number of anilines is 1. The van der Waals surface area contributed by atoms with E-state index in [1.54, 1.807) is 23.2 Å². The number of aromatic nitrogens is 1. The molecule has 1 atom stereocenters. The van der Waals surface area contributed by atoms with E-state index < -0.39 is 0 Å². The van der Waals surface area contributed by atoms with E-state index in [-0.39, 0.29) is 17.9 Å². The van der Waals surface area contributed by atoms with Crippen LogP contribution in [0.1, 0.15) is 53.1 Å². The van der Waals surface area contributed by atoms with E-state index in [4.69, 9.17) is 0 Å². The third kappa shape index (κ3) is 3.34. The van der Waals surface area contributed by atoms with Crippen LogP contribution in [0.3, 0.4) is 0 Å². The molecule has 0 radical (unpaired) electrons. The maximum atomic E-state index is 13.2. The Bertz CT molecular complexity index is 871. The molecule has 140 valence electrons. The Morgan fingerprint density at radius 2 is 1.78 bits per heavy atom. The molecule has 2 aliphatic rings. The molecule has 4 rings (SSSR count). The first-order chi connectivity index (χ1) is 13.0. The molecule has 1 fully saturated rings. The van der Waals surface area contributed by atoms with Crippen molar-refractivity contribution in [2.75, 3.05) is 18.0 Å². The molecule has 0 N–H and O–H groups in total. The molecule has 1 unspecified atom stereocenters. The van der Waals surface area contributed by atoms with Crippen molar-refractivity contribution >= 4 is 17.5 Å². The van der Waals surface area contributed by atoms with Gasteiger partial charge in [-0.25, -0.2) is 0 Å². The van der Waals surface area contributed by atoms with Gasteiger partial charge in [0.05, 0.1) is 0 Å². The van der Waals surface area contributed by atoms with E-state index in [1.807, 2.05) is 30.0 Å². The van der Waals surface area contributed by atoms with Crippen LogP contribution >= 0.6 is 0 Å². The maximum absolute atomic E-state index is 13.2. The first-order valence-electron chi connectivity index (χ1n) is 9.71. The fraction of sp³-hybridized carbons (Fsp3) is 0.409. The van der Waals surface area contributed by atoms with Gasteiger partial charge in [0.1, 0.15) is 5.69 Å². The number of carbonyl (C=O) groups excluding carboxylic acids is 2. The number of pyridine rings is 1. The second-order valence-electron chi connectivity index (χ2n) is 7.76. The lowest BCUT2D eigenvalue weighted by Gasteiger charge is -2.30. The topological polar surface area (TPSA) is 53.5 Å². The second kappa shape index (κ2) is 7.14. The van der Waals surface area contributed by atoms with Crippen LogP contribution in [-0.4, -0.2) is 40.8 Å². The van der Waals surface area contributed by atoms with E-state index in [9.17, 15) is 9.59 Å². The summed E-state index contributed by atoms with van der Waals surface area (Å²) in [6.07, 6.45) is 4.47. The third-order valence-corrected chi connectivity index (χ3v) is 5.72. The van der Waals surface area contributed by atoms with Crippen LogP contribution < -0.4 is 4.90 Å².